The van der Waals surface area contributed by atoms with E-state index in [2.05, 4.69) is 20.2 Å². The first kappa shape index (κ1) is 17.4. The van der Waals surface area contributed by atoms with Gasteiger partial charge in [0.15, 0.2) is 0 Å². The number of hydrogen-bond donors (Lipinski definition) is 1. The maximum absolute atomic E-state index is 11.6. The Labute approximate surface area is 144 Å². The van der Waals surface area contributed by atoms with Crippen molar-refractivity contribution in [2.45, 2.75) is 45.1 Å². The summed E-state index contributed by atoms with van der Waals surface area (Å²) in [7, 11) is -3.11. The van der Waals surface area contributed by atoms with Gasteiger partial charge in [-0.3, -0.25) is 0 Å². The number of nitrogens with one attached hydrogen (secondary N) is 1. The molecule has 2 fully saturated rings. The highest BCUT2D eigenvalue weighted by atomic mass is 32.2. The van der Waals surface area contributed by atoms with Gasteiger partial charge >= 0.3 is 0 Å². The van der Waals surface area contributed by atoms with Gasteiger partial charge in [-0.1, -0.05) is 19.3 Å². The lowest BCUT2D eigenvalue weighted by atomic mass is 9.96. The highest BCUT2D eigenvalue weighted by Crippen LogP contribution is 2.22. The number of aryl methyl sites for hydroxylation is 1. The van der Waals surface area contributed by atoms with Crippen LogP contribution in [0.1, 0.15) is 37.8 Å². The zero-order valence-corrected chi connectivity index (χ0v) is 15.3. The zero-order valence-electron chi connectivity index (χ0n) is 14.5. The van der Waals surface area contributed by atoms with Gasteiger partial charge in [0.25, 0.3) is 0 Å². The van der Waals surface area contributed by atoms with Gasteiger partial charge in [0.1, 0.15) is 5.82 Å². The van der Waals surface area contributed by atoms with E-state index in [1.54, 1.807) is 0 Å². The molecule has 1 N–H and O–H groups in total. The van der Waals surface area contributed by atoms with Crippen molar-refractivity contribution in [1.82, 2.24) is 14.3 Å². The molecule has 3 rings (SSSR count). The summed E-state index contributed by atoms with van der Waals surface area (Å²) in [6.07, 6.45) is 7.49. The number of piperazine rings is 1. The molecule has 0 bridgehead atoms. The maximum atomic E-state index is 11.6. The van der Waals surface area contributed by atoms with Gasteiger partial charge in [-0.2, -0.15) is 9.29 Å². The van der Waals surface area contributed by atoms with E-state index in [0.29, 0.717) is 38.2 Å². The van der Waals surface area contributed by atoms with E-state index >= 15 is 0 Å². The van der Waals surface area contributed by atoms with Crippen LogP contribution in [0.15, 0.2) is 6.07 Å². The molecule has 7 nitrogen and oxygen atoms in total. The van der Waals surface area contributed by atoms with Crippen LogP contribution < -0.4 is 10.2 Å². The molecule has 1 saturated carbocycles. The molecule has 2 heterocycles. The molecule has 1 aromatic rings. The van der Waals surface area contributed by atoms with Crippen LogP contribution in [-0.4, -0.2) is 61.2 Å². The summed E-state index contributed by atoms with van der Waals surface area (Å²) in [5.41, 5.74) is 0.934. The average Bonchev–Trinajstić information content (AvgIpc) is 2.54. The molecule has 2 aliphatic rings. The lowest BCUT2D eigenvalue weighted by Crippen LogP contribution is -2.48. The zero-order chi connectivity index (χ0) is 17.2. The Balaban J connectivity index is 1.67. The normalized spacial score (nSPS) is 21.0. The van der Waals surface area contributed by atoms with E-state index in [-0.39, 0.29) is 0 Å². The fourth-order valence-electron chi connectivity index (χ4n) is 3.46. The van der Waals surface area contributed by atoms with Gasteiger partial charge < -0.3 is 10.2 Å². The summed E-state index contributed by atoms with van der Waals surface area (Å²) in [6, 6.07) is 2.44. The van der Waals surface area contributed by atoms with E-state index in [1.165, 1.54) is 42.7 Å². The highest BCUT2D eigenvalue weighted by Gasteiger charge is 2.24. The quantitative estimate of drug-likeness (QED) is 0.886. The van der Waals surface area contributed by atoms with E-state index in [1.807, 2.05) is 13.0 Å². The Morgan fingerprint density at radius 1 is 1.08 bits per heavy atom. The Hall–Kier alpha value is -1.41. The van der Waals surface area contributed by atoms with Crippen LogP contribution in [0.2, 0.25) is 0 Å². The van der Waals surface area contributed by atoms with E-state index in [0.717, 1.165) is 11.5 Å². The van der Waals surface area contributed by atoms with Gasteiger partial charge in [0.2, 0.25) is 16.0 Å². The molecular formula is C16H27N5O2S. The molecule has 1 aromatic heterocycles. The second-order valence-electron chi connectivity index (χ2n) is 6.82. The molecule has 1 aliphatic carbocycles. The lowest BCUT2D eigenvalue weighted by Gasteiger charge is -2.34. The number of anilines is 2. The molecule has 134 valence electrons. The van der Waals surface area contributed by atoms with Crippen LogP contribution in [-0.2, 0) is 10.0 Å². The SMILES string of the molecule is Cc1cc(N2CCN(S(C)(=O)=O)CC2)nc(NC2CCCCC2)n1. The monoisotopic (exact) mass is 353 g/mol. The number of aromatic nitrogens is 2. The molecule has 0 amide bonds. The van der Waals surface area contributed by atoms with Crippen molar-refractivity contribution in [2.24, 2.45) is 0 Å². The molecule has 0 spiro atoms. The minimum atomic E-state index is -3.11. The molecule has 24 heavy (non-hydrogen) atoms. The third-order valence-electron chi connectivity index (χ3n) is 4.81. The van der Waals surface area contributed by atoms with Crippen LogP contribution in [0.3, 0.4) is 0 Å². The Morgan fingerprint density at radius 2 is 1.75 bits per heavy atom. The molecule has 8 heteroatoms. The molecule has 0 atom stereocenters. The lowest BCUT2D eigenvalue weighted by molar-refractivity contribution is 0.387. The second-order valence-corrected chi connectivity index (χ2v) is 8.80. The minimum absolute atomic E-state index is 0.468. The molecule has 1 aliphatic heterocycles. The van der Waals surface area contributed by atoms with Crippen LogP contribution in [0, 0.1) is 6.92 Å². The van der Waals surface area contributed by atoms with Crippen LogP contribution >= 0.6 is 0 Å². The first-order valence-corrected chi connectivity index (χ1v) is 10.6. The summed E-state index contributed by atoms with van der Waals surface area (Å²) in [4.78, 5) is 11.3. The third-order valence-corrected chi connectivity index (χ3v) is 6.11. The van der Waals surface area contributed by atoms with Crippen molar-refractivity contribution in [1.29, 1.82) is 0 Å². The van der Waals surface area contributed by atoms with E-state index in [9.17, 15) is 8.42 Å². The molecule has 0 aromatic carbocycles. The Kier molecular flexibility index (Phi) is 5.24. The van der Waals surface area contributed by atoms with E-state index < -0.39 is 10.0 Å². The van der Waals surface area contributed by atoms with Gasteiger partial charge in [0.05, 0.1) is 6.26 Å². The van der Waals surface area contributed by atoms with Gasteiger partial charge in [-0.05, 0) is 19.8 Å². The predicted octanol–water partition coefficient (Wildman–Crippen LogP) is 1.61. The van der Waals surface area contributed by atoms with Crippen molar-refractivity contribution in [3.63, 3.8) is 0 Å². The first-order chi connectivity index (χ1) is 11.4. The van der Waals surface area contributed by atoms with Crippen molar-refractivity contribution < 1.29 is 8.42 Å². The number of rotatable bonds is 4. The number of hydrogen-bond acceptors (Lipinski definition) is 6. The van der Waals surface area contributed by atoms with Gasteiger partial charge in [0, 0.05) is 44.0 Å². The summed E-state index contributed by atoms with van der Waals surface area (Å²) >= 11 is 0. The molecule has 0 radical (unpaired) electrons. The standard InChI is InChI=1S/C16H27N5O2S/c1-13-12-15(20-8-10-21(11-9-20)24(2,22)23)19-16(17-13)18-14-6-4-3-5-7-14/h12,14H,3-11H2,1-2H3,(H,17,18,19). The highest BCUT2D eigenvalue weighted by molar-refractivity contribution is 7.88. The van der Waals surface area contributed by atoms with Gasteiger partial charge in [-0.25, -0.2) is 13.4 Å². The minimum Gasteiger partial charge on any atom is -0.354 e. The Morgan fingerprint density at radius 3 is 2.38 bits per heavy atom. The average molecular weight is 353 g/mol. The first-order valence-electron chi connectivity index (χ1n) is 8.74. The summed E-state index contributed by atoms with van der Waals surface area (Å²) in [5.74, 6) is 1.58. The van der Waals surface area contributed by atoms with Crippen molar-refractivity contribution in [3.8, 4) is 0 Å². The maximum Gasteiger partial charge on any atom is 0.225 e. The number of nitrogens with zero attached hydrogens (tertiary/aromatic N) is 4. The van der Waals surface area contributed by atoms with Gasteiger partial charge in [-0.15, -0.1) is 0 Å². The fraction of sp³-hybridized carbons (Fsp3) is 0.750. The molecule has 1 saturated heterocycles. The van der Waals surface area contributed by atoms with Crippen molar-refractivity contribution in [2.75, 3.05) is 42.7 Å². The smallest absolute Gasteiger partial charge is 0.225 e. The van der Waals surface area contributed by atoms with Crippen LogP contribution in [0.25, 0.3) is 0 Å². The largest absolute Gasteiger partial charge is 0.354 e. The number of sulfonamides is 1. The molecular weight excluding hydrogens is 326 g/mol. The summed E-state index contributed by atoms with van der Waals surface area (Å²) in [5, 5.41) is 3.48. The van der Waals surface area contributed by atoms with Crippen molar-refractivity contribution >= 4 is 21.8 Å². The summed E-state index contributed by atoms with van der Waals surface area (Å²) < 4.78 is 24.8. The topological polar surface area (TPSA) is 78.4 Å². The fourth-order valence-corrected chi connectivity index (χ4v) is 4.28. The second kappa shape index (κ2) is 7.23. The Bertz CT molecular complexity index is 665. The predicted molar refractivity (Wildman–Crippen MR) is 95.9 cm³/mol. The molecule has 0 unspecified atom stereocenters. The van der Waals surface area contributed by atoms with E-state index in [4.69, 9.17) is 0 Å². The van der Waals surface area contributed by atoms with Crippen molar-refractivity contribution in [3.05, 3.63) is 11.8 Å². The summed E-state index contributed by atoms with van der Waals surface area (Å²) in [6.45, 7) is 4.31. The van der Waals surface area contributed by atoms with Crippen LogP contribution in [0.4, 0.5) is 11.8 Å². The third kappa shape index (κ3) is 4.36. The van der Waals surface area contributed by atoms with Crippen LogP contribution in [0.5, 0.6) is 0 Å².